The summed E-state index contributed by atoms with van der Waals surface area (Å²) in [6.45, 7) is 1.95. The third-order valence-electron chi connectivity index (χ3n) is 5.97. The van der Waals surface area contributed by atoms with Crippen molar-refractivity contribution in [2.24, 2.45) is 0 Å². The van der Waals surface area contributed by atoms with Crippen LogP contribution < -0.4 is 14.4 Å². The largest absolute Gasteiger partial charge is 0.493 e. The molecule has 0 heterocycles. The molecule has 4 nitrogen and oxygen atoms in total. The summed E-state index contributed by atoms with van der Waals surface area (Å²) in [7, 11) is 1.62. The Morgan fingerprint density at radius 1 is 0.706 bits per heavy atom. The molecule has 0 radical (unpaired) electrons. The van der Waals surface area contributed by atoms with E-state index in [0.29, 0.717) is 18.1 Å². The molecule has 0 spiro atoms. The van der Waals surface area contributed by atoms with Crippen molar-refractivity contribution in [1.29, 1.82) is 0 Å². The van der Waals surface area contributed by atoms with E-state index in [-0.39, 0.29) is 5.91 Å². The lowest BCUT2D eigenvalue weighted by Crippen LogP contribution is -2.22. The lowest BCUT2D eigenvalue weighted by Gasteiger charge is -2.23. The summed E-state index contributed by atoms with van der Waals surface area (Å²) in [5, 5.41) is 4.53. The van der Waals surface area contributed by atoms with Crippen LogP contribution >= 0.6 is 0 Å². The number of carbonyl (C=O) groups excluding carboxylic acids is 1. The molecule has 0 saturated carbocycles. The van der Waals surface area contributed by atoms with E-state index in [1.165, 1.54) is 5.39 Å². The molecule has 168 valence electrons. The fourth-order valence-electron chi connectivity index (χ4n) is 4.32. The van der Waals surface area contributed by atoms with Crippen LogP contribution in [-0.2, 0) is 11.4 Å². The Morgan fingerprint density at radius 2 is 1.38 bits per heavy atom. The summed E-state index contributed by atoms with van der Waals surface area (Å²) in [6, 6.07) is 34.1. The second kappa shape index (κ2) is 9.28. The van der Waals surface area contributed by atoms with Gasteiger partial charge in [0.25, 0.3) is 0 Å². The number of methoxy groups -OCH3 is 1. The van der Waals surface area contributed by atoms with Gasteiger partial charge in [0.2, 0.25) is 5.91 Å². The van der Waals surface area contributed by atoms with Gasteiger partial charge in [-0.3, -0.25) is 9.69 Å². The number of hydrogen-bond acceptors (Lipinski definition) is 3. The number of anilines is 2. The van der Waals surface area contributed by atoms with Crippen molar-refractivity contribution in [2.45, 2.75) is 13.5 Å². The average molecular weight is 448 g/mol. The van der Waals surface area contributed by atoms with Crippen molar-refractivity contribution in [3.05, 3.63) is 109 Å². The minimum absolute atomic E-state index is 0.0829. The molecule has 0 unspecified atom stereocenters. The highest BCUT2D eigenvalue weighted by Crippen LogP contribution is 2.36. The van der Waals surface area contributed by atoms with Gasteiger partial charge >= 0.3 is 0 Å². The number of rotatable bonds is 6. The molecule has 34 heavy (non-hydrogen) atoms. The lowest BCUT2D eigenvalue weighted by atomic mass is 10.1. The summed E-state index contributed by atoms with van der Waals surface area (Å²) in [5.41, 5.74) is 2.61. The minimum Gasteiger partial charge on any atom is -0.493 e. The Morgan fingerprint density at radius 3 is 2.18 bits per heavy atom. The van der Waals surface area contributed by atoms with Gasteiger partial charge in [0.1, 0.15) is 6.61 Å². The number of hydrogen-bond donors (Lipinski definition) is 0. The number of fused-ring (bicyclic) bond motifs is 2. The summed E-state index contributed by atoms with van der Waals surface area (Å²) in [5.74, 6) is 1.12. The molecular weight excluding hydrogens is 422 g/mol. The fraction of sp³-hybridized carbons (Fsp3) is 0.100. The molecule has 5 aromatic rings. The van der Waals surface area contributed by atoms with Gasteiger partial charge in [0.05, 0.1) is 12.8 Å². The van der Waals surface area contributed by atoms with Gasteiger partial charge in [-0.05, 0) is 51.4 Å². The monoisotopic (exact) mass is 447 g/mol. The molecule has 0 bridgehead atoms. The first kappa shape index (κ1) is 21.5. The van der Waals surface area contributed by atoms with Crippen molar-refractivity contribution in [3.63, 3.8) is 0 Å². The van der Waals surface area contributed by atoms with Gasteiger partial charge in [-0.15, -0.1) is 0 Å². The van der Waals surface area contributed by atoms with Gasteiger partial charge < -0.3 is 9.47 Å². The van der Waals surface area contributed by atoms with E-state index in [2.05, 4.69) is 30.3 Å². The highest BCUT2D eigenvalue weighted by molar-refractivity contribution is 6.01. The zero-order chi connectivity index (χ0) is 23.5. The average Bonchev–Trinajstić information content (AvgIpc) is 2.87. The predicted octanol–water partition coefficient (Wildman–Crippen LogP) is 7.27. The second-order valence-electron chi connectivity index (χ2n) is 8.15. The predicted molar refractivity (Wildman–Crippen MR) is 138 cm³/mol. The molecule has 0 saturated heterocycles. The topological polar surface area (TPSA) is 38.8 Å². The molecule has 5 rings (SSSR count). The van der Waals surface area contributed by atoms with Crippen LogP contribution in [0.3, 0.4) is 0 Å². The van der Waals surface area contributed by atoms with E-state index in [1.54, 1.807) is 18.9 Å². The van der Waals surface area contributed by atoms with Crippen LogP contribution in [0.25, 0.3) is 21.5 Å². The van der Waals surface area contributed by atoms with Crippen molar-refractivity contribution in [2.75, 3.05) is 12.0 Å². The molecule has 0 aromatic heterocycles. The lowest BCUT2D eigenvalue weighted by molar-refractivity contribution is -0.115. The van der Waals surface area contributed by atoms with Gasteiger partial charge in [-0.25, -0.2) is 0 Å². The molecule has 4 heteroatoms. The van der Waals surface area contributed by atoms with E-state index < -0.39 is 0 Å². The quantitative estimate of drug-likeness (QED) is 0.275. The molecule has 5 aromatic carbocycles. The highest BCUT2D eigenvalue weighted by Gasteiger charge is 2.17. The molecule has 0 N–H and O–H groups in total. The van der Waals surface area contributed by atoms with Crippen LogP contribution in [-0.4, -0.2) is 13.0 Å². The van der Waals surface area contributed by atoms with Crippen molar-refractivity contribution in [1.82, 2.24) is 0 Å². The van der Waals surface area contributed by atoms with Crippen molar-refractivity contribution in [3.8, 4) is 11.5 Å². The Balaban J connectivity index is 1.50. The van der Waals surface area contributed by atoms with Crippen LogP contribution in [0.2, 0.25) is 0 Å². The summed E-state index contributed by atoms with van der Waals surface area (Å²) < 4.78 is 11.8. The van der Waals surface area contributed by atoms with Crippen LogP contribution in [0.4, 0.5) is 11.4 Å². The van der Waals surface area contributed by atoms with Crippen molar-refractivity contribution < 1.29 is 14.3 Å². The highest BCUT2D eigenvalue weighted by atomic mass is 16.5. The molecule has 0 aliphatic rings. The van der Waals surface area contributed by atoms with Crippen LogP contribution in [0.15, 0.2) is 103 Å². The number of amides is 1. The standard InChI is InChI=1S/C30H25NO3/c1-21(32)31(26-15-14-22-8-3-4-10-24(22)18-26)27-16-17-29(33-2)30(19-27)34-20-25-12-7-11-23-9-5-6-13-28(23)25/h3-19H,20H2,1-2H3. The normalized spacial score (nSPS) is 10.9. The maximum absolute atomic E-state index is 12.7. The zero-order valence-corrected chi connectivity index (χ0v) is 19.2. The maximum atomic E-state index is 12.7. The van der Waals surface area contributed by atoms with Gasteiger partial charge in [0, 0.05) is 18.7 Å². The first-order valence-corrected chi connectivity index (χ1v) is 11.2. The molecule has 0 atom stereocenters. The second-order valence-corrected chi connectivity index (χ2v) is 8.15. The van der Waals surface area contributed by atoms with E-state index >= 15 is 0 Å². The first-order valence-electron chi connectivity index (χ1n) is 11.2. The Kier molecular flexibility index (Phi) is 5.88. The Bertz CT molecular complexity index is 1490. The van der Waals surface area contributed by atoms with Crippen LogP contribution in [0.1, 0.15) is 12.5 Å². The number of nitrogens with zero attached hydrogens (tertiary/aromatic N) is 1. The fourth-order valence-corrected chi connectivity index (χ4v) is 4.32. The minimum atomic E-state index is -0.0829. The Labute approximate surface area is 199 Å². The smallest absolute Gasteiger partial charge is 0.228 e. The van der Waals surface area contributed by atoms with Crippen LogP contribution in [0, 0.1) is 0 Å². The zero-order valence-electron chi connectivity index (χ0n) is 19.2. The summed E-state index contributed by atoms with van der Waals surface area (Å²) >= 11 is 0. The Hall–Kier alpha value is -4.31. The van der Waals surface area contributed by atoms with Crippen LogP contribution in [0.5, 0.6) is 11.5 Å². The third-order valence-corrected chi connectivity index (χ3v) is 5.97. The number of ether oxygens (including phenoxy) is 2. The number of benzene rings is 5. The molecule has 0 aliphatic heterocycles. The van der Waals surface area contributed by atoms with Crippen molar-refractivity contribution >= 4 is 38.8 Å². The van der Waals surface area contributed by atoms with E-state index in [4.69, 9.17) is 9.47 Å². The number of carbonyl (C=O) groups is 1. The summed E-state index contributed by atoms with van der Waals surface area (Å²) in [6.07, 6.45) is 0. The van der Waals surface area contributed by atoms with Gasteiger partial charge in [-0.2, -0.15) is 0 Å². The molecule has 0 fully saturated rings. The SMILES string of the molecule is COc1ccc(N(C(C)=O)c2ccc3ccccc3c2)cc1OCc1cccc2ccccc12. The maximum Gasteiger partial charge on any atom is 0.228 e. The molecule has 0 aliphatic carbocycles. The molecule has 1 amide bonds. The first-order chi connectivity index (χ1) is 16.6. The van der Waals surface area contributed by atoms with Gasteiger partial charge in [-0.1, -0.05) is 72.8 Å². The van der Waals surface area contributed by atoms with E-state index in [0.717, 1.165) is 33.1 Å². The third kappa shape index (κ3) is 4.18. The van der Waals surface area contributed by atoms with E-state index in [9.17, 15) is 4.79 Å². The van der Waals surface area contributed by atoms with Gasteiger partial charge in [0.15, 0.2) is 11.5 Å². The van der Waals surface area contributed by atoms with E-state index in [1.807, 2.05) is 72.8 Å². The summed E-state index contributed by atoms with van der Waals surface area (Å²) in [4.78, 5) is 14.4. The molecular formula is C30H25NO3.